The first-order valence-corrected chi connectivity index (χ1v) is 7.59. The molecule has 0 aliphatic rings. The van der Waals surface area contributed by atoms with E-state index < -0.39 is 0 Å². The zero-order chi connectivity index (χ0) is 15.4. The number of carbonyl (C=O) groups is 1. The van der Waals surface area contributed by atoms with E-state index >= 15 is 0 Å². The minimum Gasteiger partial charge on any atom is -0.462 e. The summed E-state index contributed by atoms with van der Waals surface area (Å²) in [6.45, 7) is 5.83. The number of nitrogens with one attached hydrogen (secondary N) is 1. The van der Waals surface area contributed by atoms with Gasteiger partial charge in [-0.3, -0.25) is 0 Å². The number of rotatable bonds is 5. The lowest BCUT2D eigenvalue weighted by Crippen LogP contribution is -2.08. The van der Waals surface area contributed by atoms with Crippen molar-refractivity contribution in [2.24, 2.45) is 0 Å². The Morgan fingerprint density at radius 1 is 1.48 bits per heavy atom. The maximum Gasteiger partial charge on any atom is 0.350 e. The van der Waals surface area contributed by atoms with E-state index in [-0.39, 0.29) is 12.0 Å². The van der Waals surface area contributed by atoms with E-state index in [0.717, 1.165) is 5.01 Å². The number of nitrogens with zero attached hydrogens (tertiary/aromatic N) is 3. The van der Waals surface area contributed by atoms with E-state index in [1.165, 1.54) is 23.7 Å². The van der Waals surface area contributed by atoms with Crippen molar-refractivity contribution in [3.8, 4) is 0 Å². The molecular formula is C13H15ClN4O2S. The maximum absolute atomic E-state index is 11.8. The minimum atomic E-state index is -0.339. The van der Waals surface area contributed by atoms with Gasteiger partial charge >= 0.3 is 5.97 Å². The van der Waals surface area contributed by atoms with E-state index in [1.54, 1.807) is 13.8 Å². The number of ether oxygens (including phenoxy) is 1. The third-order valence-corrected chi connectivity index (χ3v) is 4.13. The van der Waals surface area contributed by atoms with E-state index in [0.29, 0.717) is 28.1 Å². The number of carbonyl (C=O) groups excluding carboxylic acids is 1. The largest absolute Gasteiger partial charge is 0.462 e. The Kier molecular flexibility index (Phi) is 5.08. The van der Waals surface area contributed by atoms with E-state index in [1.807, 2.05) is 6.92 Å². The van der Waals surface area contributed by atoms with Gasteiger partial charge in [0.15, 0.2) is 0 Å². The van der Waals surface area contributed by atoms with Crippen LogP contribution < -0.4 is 5.32 Å². The van der Waals surface area contributed by atoms with Crippen LogP contribution in [0.3, 0.4) is 0 Å². The Morgan fingerprint density at radius 3 is 2.76 bits per heavy atom. The second kappa shape index (κ2) is 6.82. The number of aryl methyl sites for hydroxylation is 1. The van der Waals surface area contributed by atoms with Crippen LogP contribution in [0.25, 0.3) is 0 Å². The molecule has 0 amide bonds. The predicted molar refractivity (Wildman–Crippen MR) is 81.9 cm³/mol. The van der Waals surface area contributed by atoms with Gasteiger partial charge in [-0.2, -0.15) is 0 Å². The van der Waals surface area contributed by atoms with Crippen LogP contribution in [0.5, 0.6) is 0 Å². The molecular weight excluding hydrogens is 312 g/mol. The zero-order valence-electron chi connectivity index (χ0n) is 11.9. The van der Waals surface area contributed by atoms with E-state index in [2.05, 4.69) is 20.3 Å². The SMILES string of the molecule is CCOC(=O)c1sc([C@H](C)Nc2ncc(Cl)cn2)nc1C. The molecule has 0 radical (unpaired) electrons. The van der Waals surface area contributed by atoms with Crippen LogP contribution >= 0.6 is 22.9 Å². The molecule has 2 heterocycles. The van der Waals surface area contributed by atoms with Crippen LogP contribution in [0.4, 0.5) is 5.95 Å². The highest BCUT2D eigenvalue weighted by molar-refractivity contribution is 7.13. The molecule has 1 atom stereocenters. The molecule has 0 spiro atoms. The Balaban J connectivity index is 2.12. The molecule has 0 fully saturated rings. The molecule has 0 aliphatic heterocycles. The number of hydrogen-bond donors (Lipinski definition) is 1. The smallest absolute Gasteiger partial charge is 0.350 e. The molecule has 0 saturated carbocycles. The van der Waals surface area contributed by atoms with Crippen LogP contribution in [0, 0.1) is 6.92 Å². The van der Waals surface area contributed by atoms with Gasteiger partial charge in [0.1, 0.15) is 9.88 Å². The van der Waals surface area contributed by atoms with Gasteiger partial charge in [-0.15, -0.1) is 11.3 Å². The third-order valence-electron chi connectivity index (χ3n) is 2.61. The van der Waals surface area contributed by atoms with Crippen molar-refractivity contribution in [2.45, 2.75) is 26.8 Å². The number of anilines is 1. The van der Waals surface area contributed by atoms with Crippen LogP contribution in [-0.4, -0.2) is 27.5 Å². The van der Waals surface area contributed by atoms with Crippen molar-refractivity contribution in [1.29, 1.82) is 0 Å². The highest BCUT2D eigenvalue weighted by atomic mass is 35.5. The normalized spacial score (nSPS) is 12.0. The van der Waals surface area contributed by atoms with Crippen molar-refractivity contribution < 1.29 is 9.53 Å². The number of halogens is 1. The fourth-order valence-electron chi connectivity index (χ4n) is 1.63. The fourth-order valence-corrected chi connectivity index (χ4v) is 2.69. The highest BCUT2D eigenvalue weighted by Crippen LogP contribution is 2.26. The minimum absolute atomic E-state index is 0.127. The summed E-state index contributed by atoms with van der Waals surface area (Å²) in [5, 5.41) is 4.36. The second-order valence-electron chi connectivity index (χ2n) is 4.28. The first kappa shape index (κ1) is 15.7. The van der Waals surface area contributed by atoms with Gasteiger partial charge in [0.2, 0.25) is 5.95 Å². The Labute approximate surface area is 131 Å². The van der Waals surface area contributed by atoms with Crippen molar-refractivity contribution in [1.82, 2.24) is 15.0 Å². The standard InChI is InChI=1S/C13H15ClN4O2S/c1-4-20-12(19)10-7(2)17-11(21-10)8(3)18-13-15-5-9(14)6-16-13/h5-6,8H,4H2,1-3H3,(H,15,16,18)/t8-/m0/s1. The van der Waals surface area contributed by atoms with Crippen molar-refractivity contribution in [3.05, 3.63) is 33.0 Å². The lowest BCUT2D eigenvalue weighted by atomic mass is 10.3. The summed E-state index contributed by atoms with van der Waals surface area (Å²) in [7, 11) is 0. The molecule has 0 aromatic carbocycles. The molecule has 112 valence electrons. The van der Waals surface area contributed by atoms with E-state index in [9.17, 15) is 4.79 Å². The molecule has 2 rings (SSSR count). The summed E-state index contributed by atoms with van der Waals surface area (Å²) in [5.41, 5.74) is 0.666. The number of esters is 1. The lowest BCUT2D eigenvalue weighted by Gasteiger charge is -2.10. The summed E-state index contributed by atoms with van der Waals surface area (Å²) < 4.78 is 5.01. The molecule has 8 heteroatoms. The number of hydrogen-bond acceptors (Lipinski definition) is 7. The van der Waals surface area contributed by atoms with Crippen LogP contribution in [-0.2, 0) is 4.74 Å². The topological polar surface area (TPSA) is 77.0 Å². The summed E-state index contributed by atoms with van der Waals surface area (Å²) in [4.78, 5) is 24.8. The van der Waals surface area contributed by atoms with Gasteiger partial charge in [-0.05, 0) is 20.8 Å². The van der Waals surface area contributed by atoms with Crippen LogP contribution in [0.2, 0.25) is 5.02 Å². The maximum atomic E-state index is 11.8. The van der Waals surface area contributed by atoms with Gasteiger partial charge in [-0.25, -0.2) is 19.7 Å². The predicted octanol–water partition coefficient (Wildman–Crippen LogP) is 3.24. The quantitative estimate of drug-likeness (QED) is 0.850. The lowest BCUT2D eigenvalue weighted by molar-refractivity contribution is 0.0531. The molecule has 2 aromatic heterocycles. The Hall–Kier alpha value is -1.73. The first-order valence-electron chi connectivity index (χ1n) is 6.39. The average molecular weight is 327 g/mol. The van der Waals surface area contributed by atoms with Crippen molar-refractivity contribution in [3.63, 3.8) is 0 Å². The molecule has 2 aromatic rings. The monoisotopic (exact) mass is 326 g/mol. The van der Waals surface area contributed by atoms with Gasteiger partial charge < -0.3 is 10.1 Å². The first-order chi connectivity index (χ1) is 10.0. The Morgan fingerprint density at radius 2 is 2.14 bits per heavy atom. The average Bonchev–Trinajstić information content (AvgIpc) is 2.84. The Bertz CT molecular complexity index is 630. The summed E-state index contributed by atoms with van der Waals surface area (Å²) in [5.74, 6) is 0.117. The summed E-state index contributed by atoms with van der Waals surface area (Å²) in [6, 6.07) is -0.127. The molecule has 1 N–H and O–H groups in total. The number of thiazole rings is 1. The third kappa shape index (κ3) is 3.89. The van der Waals surface area contributed by atoms with Gasteiger partial charge in [-0.1, -0.05) is 11.6 Å². The van der Waals surface area contributed by atoms with Gasteiger partial charge in [0.05, 0.1) is 35.8 Å². The van der Waals surface area contributed by atoms with E-state index in [4.69, 9.17) is 16.3 Å². The van der Waals surface area contributed by atoms with Crippen molar-refractivity contribution in [2.75, 3.05) is 11.9 Å². The van der Waals surface area contributed by atoms with Gasteiger partial charge in [0, 0.05) is 0 Å². The van der Waals surface area contributed by atoms with Crippen LogP contribution in [0.15, 0.2) is 12.4 Å². The molecule has 0 unspecified atom stereocenters. The summed E-state index contributed by atoms with van der Waals surface area (Å²) in [6.07, 6.45) is 3.03. The summed E-state index contributed by atoms with van der Waals surface area (Å²) >= 11 is 7.05. The molecule has 6 nitrogen and oxygen atoms in total. The van der Waals surface area contributed by atoms with Gasteiger partial charge in [0.25, 0.3) is 0 Å². The molecule has 0 saturated heterocycles. The molecule has 0 aliphatic carbocycles. The molecule has 0 bridgehead atoms. The second-order valence-corrected chi connectivity index (χ2v) is 5.75. The molecule has 21 heavy (non-hydrogen) atoms. The highest BCUT2D eigenvalue weighted by Gasteiger charge is 2.19. The van der Waals surface area contributed by atoms with Crippen LogP contribution in [0.1, 0.15) is 40.3 Å². The van der Waals surface area contributed by atoms with Crippen molar-refractivity contribution >= 4 is 34.9 Å². The zero-order valence-corrected chi connectivity index (χ0v) is 13.5. The number of aromatic nitrogens is 3. The fraction of sp³-hybridized carbons (Fsp3) is 0.385.